The van der Waals surface area contributed by atoms with E-state index in [0.717, 1.165) is 13.1 Å². The lowest BCUT2D eigenvalue weighted by atomic mass is 10.0. The molecule has 0 saturated carbocycles. The number of aromatic amines is 1. The number of aromatic nitrogens is 2. The van der Waals surface area contributed by atoms with Crippen molar-refractivity contribution in [2.45, 2.75) is 19.9 Å². The average Bonchev–Trinajstić information content (AvgIpc) is 3.08. The lowest BCUT2D eigenvalue weighted by Gasteiger charge is -2.35. The molecule has 8 heteroatoms. The normalized spacial score (nSPS) is 16.1. The summed E-state index contributed by atoms with van der Waals surface area (Å²) in [5.41, 5.74) is 2.84. The number of thiophene rings is 1. The molecule has 3 heterocycles. The summed E-state index contributed by atoms with van der Waals surface area (Å²) in [6, 6.07) is 8.50. The molecule has 1 amide bonds. The molecule has 1 aliphatic rings. The van der Waals surface area contributed by atoms with Gasteiger partial charge in [-0.2, -0.15) is 0 Å². The molecular weight excluding hydrogens is 388 g/mol. The molecule has 1 aromatic carbocycles. The van der Waals surface area contributed by atoms with Gasteiger partial charge in [-0.05, 0) is 25.0 Å². The number of hydrogen-bond acceptors (Lipinski definition) is 6. The van der Waals surface area contributed by atoms with Gasteiger partial charge in [-0.25, -0.2) is 4.98 Å². The van der Waals surface area contributed by atoms with Crippen LogP contribution in [0.3, 0.4) is 0 Å². The lowest BCUT2D eigenvalue weighted by molar-refractivity contribution is 0.0162. The van der Waals surface area contributed by atoms with Crippen LogP contribution in [0.5, 0.6) is 0 Å². The van der Waals surface area contributed by atoms with Crippen LogP contribution in [0.25, 0.3) is 10.2 Å². The summed E-state index contributed by atoms with van der Waals surface area (Å²) in [7, 11) is 0. The quantitative estimate of drug-likeness (QED) is 0.672. The van der Waals surface area contributed by atoms with Crippen molar-refractivity contribution in [3.8, 4) is 0 Å². The Morgan fingerprint density at radius 3 is 2.69 bits per heavy atom. The third-order valence-corrected chi connectivity index (χ3v) is 6.54. The second-order valence-electron chi connectivity index (χ2n) is 7.25. The van der Waals surface area contributed by atoms with Gasteiger partial charge in [0.05, 0.1) is 35.8 Å². The van der Waals surface area contributed by atoms with Crippen molar-refractivity contribution in [2.24, 2.45) is 0 Å². The molecule has 2 aromatic heterocycles. The Morgan fingerprint density at radius 2 is 2.00 bits per heavy atom. The van der Waals surface area contributed by atoms with E-state index < -0.39 is 0 Å². The van der Waals surface area contributed by atoms with E-state index in [1.54, 1.807) is 6.92 Å². The first-order chi connectivity index (χ1) is 14.0. The molecule has 29 heavy (non-hydrogen) atoms. The fraction of sp³-hybridized carbons (Fsp3) is 0.381. The molecule has 0 aliphatic carbocycles. The number of aryl methyl sites for hydroxylation is 2. The number of carbonyl (C=O) groups excluding carboxylic acids is 1. The van der Waals surface area contributed by atoms with Gasteiger partial charge >= 0.3 is 0 Å². The number of H-pyrrole nitrogens is 1. The van der Waals surface area contributed by atoms with E-state index >= 15 is 0 Å². The van der Waals surface area contributed by atoms with Crippen molar-refractivity contribution in [3.63, 3.8) is 0 Å². The summed E-state index contributed by atoms with van der Waals surface area (Å²) in [6.07, 6.45) is 1.37. The Bertz CT molecular complexity index is 1070. The molecule has 1 atom stereocenters. The van der Waals surface area contributed by atoms with Crippen LogP contribution >= 0.6 is 11.3 Å². The second-order valence-corrected chi connectivity index (χ2v) is 8.25. The van der Waals surface area contributed by atoms with Crippen molar-refractivity contribution in [1.82, 2.24) is 20.2 Å². The fourth-order valence-electron chi connectivity index (χ4n) is 3.70. The summed E-state index contributed by atoms with van der Waals surface area (Å²) in [4.78, 5) is 35.2. The van der Waals surface area contributed by atoms with Crippen LogP contribution in [-0.4, -0.2) is 53.6 Å². The molecule has 1 saturated heterocycles. The predicted molar refractivity (Wildman–Crippen MR) is 114 cm³/mol. The first kappa shape index (κ1) is 19.8. The minimum Gasteiger partial charge on any atom is -0.379 e. The number of ether oxygens (including phenoxy) is 1. The van der Waals surface area contributed by atoms with Crippen molar-refractivity contribution in [3.05, 3.63) is 62.5 Å². The zero-order valence-corrected chi connectivity index (χ0v) is 17.3. The van der Waals surface area contributed by atoms with E-state index in [2.05, 4.69) is 51.4 Å². The van der Waals surface area contributed by atoms with Crippen LogP contribution in [0.2, 0.25) is 0 Å². The third kappa shape index (κ3) is 4.10. The lowest BCUT2D eigenvalue weighted by Crippen LogP contribution is -2.43. The van der Waals surface area contributed by atoms with Gasteiger partial charge < -0.3 is 15.0 Å². The zero-order chi connectivity index (χ0) is 20.4. The zero-order valence-electron chi connectivity index (χ0n) is 16.5. The van der Waals surface area contributed by atoms with E-state index in [1.165, 1.54) is 28.8 Å². The highest BCUT2D eigenvalue weighted by molar-refractivity contribution is 7.20. The van der Waals surface area contributed by atoms with Crippen LogP contribution in [0.4, 0.5) is 0 Å². The van der Waals surface area contributed by atoms with Gasteiger partial charge in [-0.3, -0.25) is 14.5 Å². The Kier molecular flexibility index (Phi) is 5.75. The molecule has 2 N–H and O–H groups in total. The van der Waals surface area contributed by atoms with Gasteiger partial charge in [0.2, 0.25) is 0 Å². The number of amides is 1. The van der Waals surface area contributed by atoms with Crippen molar-refractivity contribution in [1.29, 1.82) is 0 Å². The Labute approximate surface area is 172 Å². The van der Waals surface area contributed by atoms with Gasteiger partial charge in [0, 0.05) is 19.6 Å². The van der Waals surface area contributed by atoms with Crippen molar-refractivity contribution in [2.75, 3.05) is 32.8 Å². The van der Waals surface area contributed by atoms with Gasteiger partial charge in [0.15, 0.2) is 0 Å². The monoisotopic (exact) mass is 412 g/mol. The summed E-state index contributed by atoms with van der Waals surface area (Å²) in [5.74, 6) is -0.171. The number of hydrogen-bond donors (Lipinski definition) is 2. The molecule has 1 fully saturated rings. The van der Waals surface area contributed by atoms with E-state index in [9.17, 15) is 9.59 Å². The SMILES string of the molecule is Cc1ccc(C(CNC(=O)c2sc3nc[nH]c(=O)c3c2C)N2CCOCC2)cc1. The highest BCUT2D eigenvalue weighted by Crippen LogP contribution is 2.27. The van der Waals surface area contributed by atoms with E-state index in [4.69, 9.17) is 4.74 Å². The number of rotatable bonds is 5. The van der Waals surface area contributed by atoms with Gasteiger partial charge in [0.1, 0.15) is 4.83 Å². The molecule has 3 aromatic rings. The van der Waals surface area contributed by atoms with Crippen LogP contribution < -0.4 is 10.9 Å². The maximum Gasteiger partial charge on any atom is 0.261 e. The minimum absolute atomic E-state index is 0.0691. The minimum atomic E-state index is -0.214. The molecule has 0 bridgehead atoms. The number of fused-ring (bicyclic) bond motifs is 1. The standard InChI is InChI=1S/C21H24N4O3S/c1-13-3-5-15(6-4-13)16(25-7-9-28-10-8-25)11-22-20(27)18-14(2)17-19(26)23-12-24-21(17)29-18/h3-6,12,16H,7-11H2,1-2H3,(H,22,27)(H,23,24,26). The number of nitrogens with one attached hydrogen (secondary N) is 2. The van der Waals surface area contributed by atoms with Crippen LogP contribution in [0.1, 0.15) is 32.4 Å². The van der Waals surface area contributed by atoms with Gasteiger partial charge in [-0.15, -0.1) is 11.3 Å². The number of nitrogens with zero attached hydrogens (tertiary/aromatic N) is 2. The fourth-order valence-corrected chi connectivity index (χ4v) is 4.77. The highest BCUT2D eigenvalue weighted by atomic mass is 32.1. The highest BCUT2D eigenvalue weighted by Gasteiger charge is 2.25. The van der Waals surface area contributed by atoms with E-state index in [1.807, 2.05) is 0 Å². The van der Waals surface area contributed by atoms with E-state index in [-0.39, 0.29) is 17.5 Å². The molecular formula is C21H24N4O3S. The molecule has 1 aliphatic heterocycles. The van der Waals surface area contributed by atoms with Crippen LogP contribution in [0, 0.1) is 13.8 Å². The Balaban J connectivity index is 1.56. The van der Waals surface area contributed by atoms with Crippen LogP contribution in [-0.2, 0) is 4.74 Å². The molecule has 0 spiro atoms. The summed E-state index contributed by atoms with van der Waals surface area (Å²) < 4.78 is 5.49. The molecule has 0 radical (unpaired) electrons. The summed E-state index contributed by atoms with van der Waals surface area (Å²) in [6.45, 7) is 7.39. The van der Waals surface area contributed by atoms with Crippen molar-refractivity contribution >= 4 is 27.5 Å². The molecule has 152 valence electrons. The summed E-state index contributed by atoms with van der Waals surface area (Å²) in [5, 5.41) is 3.57. The third-order valence-electron chi connectivity index (χ3n) is 5.34. The number of carbonyl (C=O) groups is 1. The largest absolute Gasteiger partial charge is 0.379 e. The van der Waals surface area contributed by atoms with Crippen LogP contribution in [0.15, 0.2) is 35.4 Å². The predicted octanol–water partition coefficient (Wildman–Crippen LogP) is 2.40. The molecule has 1 unspecified atom stereocenters. The molecule has 7 nitrogen and oxygen atoms in total. The second kappa shape index (κ2) is 8.44. The number of morpholine rings is 1. The topological polar surface area (TPSA) is 87.3 Å². The maximum atomic E-state index is 12.9. The number of benzene rings is 1. The first-order valence-corrected chi connectivity index (χ1v) is 10.5. The maximum absolute atomic E-state index is 12.9. The van der Waals surface area contributed by atoms with E-state index in [0.29, 0.717) is 40.4 Å². The first-order valence-electron chi connectivity index (χ1n) is 9.68. The van der Waals surface area contributed by atoms with Crippen molar-refractivity contribution < 1.29 is 9.53 Å². The smallest absolute Gasteiger partial charge is 0.261 e. The van der Waals surface area contributed by atoms with Gasteiger partial charge in [0.25, 0.3) is 11.5 Å². The van der Waals surface area contributed by atoms with Gasteiger partial charge in [-0.1, -0.05) is 29.8 Å². The molecule has 4 rings (SSSR count). The summed E-state index contributed by atoms with van der Waals surface area (Å²) >= 11 is 1.25. The Hall–Kier alpha value is -2.55. The average molecular weight is 413 g/mol. The Morgan fingerprint density at radius 1 is 1.28 bits per heavy atom.